The van der Waals surface area contributed by atoms with E-state index >= 15 is 0 Å². The molecule has 1 aliphatic carbocycles. The highest BCUT2D eigenvalue weighted by Gasteiger charge is 2.39. The molecule has 1 fully saturated rings. The maximum Gasteiger partial charge on any atom is 0.230 e. The second-order valence-corrected chi connectivity index (χ2v) is 12.7. The number of thiazole rings is 1. The van der Waals surface area contributed by atoms with Crippen molar-refractivity contribution in [2.45, 2.75) is 57.5 Å². The van der Waals surface area contributed by atoms with E-state index in [4.69, 9.17) is 10.2 Å². The SMILES string of the molecule is CCS(=O)(=O)c1ccc(CC(=O)Nc2nc3c(s2)CN(C[C@H]2C[C@H](C#N)C2)[C@H]3C(C)C)cc1. The molecule has 1 aromatic carbocycles. The number of anilines is 1. The van der Waals surface area contributed by atoms with Crippen molar-refractivity contribution in [1.82, 2.24) is 9.88 Å². The molecule has 0 spiro atoms. The van der Waals surface area contributed by atoms with E-state index in [0.717, 1.165) is 37.2 Å². The van der Waals surface area contributed by atoms with Crippen LogP contribution in [0.25, 0.3) is 0 Å². The molecule has 4 rings (SSSR count). The standard InChI is InChI=1S/C24H30N4O3S2/c1-4-33(30,31)19-7-5-16(6-8-19)11-21(29)26-24-27-22-20(32-24)14-28(23(22)15(2)3)13-18-9-17(10-18)12-25/h5-8,15,17-18,23H,4,9-11,13-14H2,1-3H3,(H,26,27,29)/t17-,18-,23-/m0/s1. The van der Waals surface area contributed by atoms with Gasteiger partial charge in [0.05, 0.1) is 34.9 Å². The third kappa shape index (κ3) is 5.13. The second-order valence-electron chi connectivity index (χ2n) is 9.38. The molecule has 0 radical (unpaired) electrons. The van der Waals surface area contributed by atoms with Gasteiger partial charge in [-0.3, -0.25) is 9.69 Å². The van der Waals surface area contributed by atoms with E-state index in [0.29, 0.717) is 17.0 Å². The number of sulfone groups is 1. The van der Waals surface area contributed by atoms with Crippen LogP contribution in [0.3, 0.4) is 0 Å². The molecular formula is C24H30N4O3S2. The third-order valence-electron chi connectivity index (χ3n) is 6.56. The first-order valence-electron chi connectivity index (χ1n) is 11.4. The zero-order chi connectivity index (χ0) is 23.8. The number of nitrogens with one attached hydrogen (secondary N) is 1. The average molecular weight is 487 g/mol. The van der Waals surface area contributed by atoms with Crippen LogP contribution < -0.4 is 5.32 Å². The number of carbonyl (C=O) groups excluding carboxylic acids is 1. The Hall–Kier alpha value is -2.28. The monoisotopic (exact) mass is 486 g/mol. The van der Waals surface area contributed by atoms with Crippen molar-refractivity contribution >= 4 is 32.2 Å². The summed E-state index contributed by atoms with van der Waals surface area (Å²) in [4.78, 5) is 21.3. The van der Waals surface area contributed by atoms with Gasteiger partial charge in [0.1, 0.15) is 0 Å². The summed E-state index contributed by atoms with van der Waals surface area (Å²) < 4.78 is 23.9. The summed E-state index contributed by atoms with van der Waals surface area (Å²) >= 11 is 1.54. The molecule has 2 aromatic rings. The van der Waals surface area contributed by atoms with Crippen LogP contribution >= 0.6 is 11.3 Å². The molecule has 2 heterocycles. The van der Waals surface area contributed by atoms with Gasteiger partial charge in [-0.15, -0.1) is 11.3 Å². The van der Waals surface area contributed by atoms with Gasteiger partial charge in [-0.1, -0.05) is 32.9 Å². The number of nitrogens with zero attached hydrogens (tertiary/aromatic N) is 3. The van der Waals surface area contributed by atoms with Crippen LogP contribution in [0.4, 0.5) is 5.13 Å². The minimum atomic E-state index is -3.24. The Morgan fingerprint density at radius 3 is 2.61 bits per heavy atom. The van der Waals surface area contributed by atoms with E-state index in [1.807, 2.05) is 0 Å². The molecule has 7 nitrogen and oxygen atoms in total. The molecule has 1 amide bonds. The Bertz CT molecular complexity index is 1160. The first-order valence-corrected chi connectivity index (χ1v) is 13.9. The smallest absolute Gasteiger partial charge is 0.230 e. The maximum atomic E-state index is 12.6. The lowest BCUT2D eigenvalue weighted by atomic mass is 9.75. The molecule has 9 heteroatoms. The number of hydrogen-bond donors (Lipinski definition) is 1. The quantitative estimate of drug-likeness (QED) is 0.600. The van der Waals surface area contributed by atoms with Crippen LogP contribution in [0.5, 0.6) is 0 Å². The van der Waals surface area contributed by atoms with Crippen LogP contribution in [0.15, 0.2) is 29.2 Å². The van der Waals surface area contributed by atoms with Crippen molar-refractivity contribution in [3.63, 3.8) is 0 Å². The van der Waals surface area contributed by atoms with E-state index in [2.05, 4.69) is 30.1 Å². The Labute approximate surface area is 199 Å². The van der Waals surface area contributed by atoms with Crippen LogP contribution in [0, 0.1) is 29.1 Å². The lowest BCUT2D eigenvalue weighted by Crippen LogP contribution is -2.36. The van der Waals surface area contributed by atoms with Gasteiger partial charge in [0.2, 0.25) is 5.91 Å². The normalized spacial score (nSPS) is 22.6. The molecule has 33 heavy (non-hydrogen) atoms. The zero-order valence-electron chi connectivity index (χ0n) is 19.2. The van der Waals surface area contributed by atoms with Crippen LogP contribution in [0.2, 0.25) is 0 Å². The number of carbonyl (C=O) groups is 1. The number of hydrogen-bond acceptors (Lipinski definition) is 7. The summed E-state index contributed by atoms with van der Waals surface area (Å²) in [5.41, 5.74) is 1.82. The second kappa shape index (κ2) is 9.53. The Balaban J connectivity index is 1.37. The molecule has 176 valence electrons. The molecule has 1 aliphatic heterocycles. The highest BCUT2D eigenvalue weighted by atomic mass is 32.2. The van der Waals surface area contributed by atoms with E-state index in [9.17, 15) is 13.2 Å². The van der Waals surface area contributed by atoms with Crippen molar-refractivity contribution in [3.05, 3.63) is 40.4 Å². The fourth-order valence-electron chi connectivity index (χ4n) is 4.78. The molecule has 0 unspecified atom stereocenters. The number of rotatable bonds is 8. The van der Waals surface area contributed by atoms with Crippen molar-refractivity contribution in [2.24, 2.45) is 17.8 Å². The lowest BCUT2D eigenvalue weighted by Gasteiger charge is -2.37. The van der Waals surface area contributed by atoms with Gasteiger partial charge < -0.3 is 5.32 Å². The first-order chi connectivity index (χ1) is 15.7. The minimum absolute atomic E-state index is 0.0530. The number of aromatic nitrogens is 1. The highest BCUT2D eigenvalue weighted by Crippen LogP contribution is 2.44. The van der Waals surface area contributed by atoms with E-state index in [1.54, 1.807) is 31.2 Å². The topological polar surface area (TPSA) is 103 Å². The Morgan fingerprint density at radius 1 is 1.30 bits per heavy atom. The summed E-state index contributed by atoms with van der Waals surface area (Å²) in [5.74, 6) is 1.10. The van der Waals surface area contributed by atoms with Gasteiger partial charge in [0.15, 0.2) is 15.0 Å². The van der Waals surface area contributed by atoms with Crippen LogP contribution in [-0.4, -0.2) is 36.5 Å². The molecule has 1 N–H and O–H groups in total. The largest absolute Gasteiger partial charge is 0.302 e. The van der Waals surface area contributed by atoms with E-state index in [-0.39, 0.29) is 34.9 Å². The molecule has 0 bridgehead atoms. The van der Waals surface area contributed by atoms with Gasteiger partial charge in [-0.25, -0.2) is 13.4 Å². The summed E-state index contributed by atoms with van der Waals surface area (Å²) in [6.07, 6.45) is 2.15. The summed E-state index contributed by atoms with van der Waals surface area (Å²) in [6.45, 7) is 7.85. The predicted octanol–water partition coefficient (Wildman–Crippen LogP) is 4.18. The van der Waals surface area contributed by atoms with Crippen LogP contribution in [0.1, 0.15) is 55.8 Å². The zero-order valence-corrected chi connectivity index (χ0v) is 20.9. The number of amides is 1. The number of nitriles is 1. The van der Waals surface area contributed by atoms with Crippen LogP contribution in [-0.2, 0) is 27.6 Å². The molecule has 1 atom stereocenters. The van der Waals surface area contributed by atoms with Gasteiger partial charge >= 0.3 is 0 Å². The molecule has 2 aliphatic rings. The molecule has 1 aromatic heterocycles. The van der Waals surface area contributed by atoms with Crippen molar-refractivity contribution in [2.75, 3.05) is 17.6 Å². The fourth-order valence-corrected chi connectivity index (χ4v) is 6.71. The Kier molecular flexibility index (Phi) is 6.89. The van der Waals surface area contributed by atoms with Gasteiger partial charge in [-0.2, -0.15) is 5.26 Å². The predicted molar refractivity (Wildman–Crippen MR) is 128 cm³/mol. The van der Waals surface area contributed by atoms with Gasteiger partial charge in [0.25, 0.3) is 0 Å². The van der Waals surface area contributed by atoms with E-state index in [1.165, 1.54) is 16.2 Å². The number of benzene rings is 1. The van der Waals surface area contributed by atoms with Gasteiger partial charge in [0, 0.05) is 23.9 Å². The van der Waals surface area contributed by atoms with E-state index < -0.39 is 9.84 Å². The van der Waals surface area contributed by atoms with Gasteiger partial charge in [-0.05, 0) is 42.4 Å². The third-order valence-corrected chi connectivity index (χ3v) is 9.29. The first kappa shape index (κ1) is 23.9. The average Bonchev–Trinajstić information content (AvgIpc) is 3.26. The molecular weight excluding hydrogens is 456 g/mol. The van der Waals surface area contributed by atoms with Crippen molar-refractivity contribution in [3.8, 4) is 6.07 Å². The minimum Gasteiger partial charge on any atom is -0.302 e. The highest BCUT2D eigenvalue weighted by molar-refractivity contribution is 7.91. The summed E-state index contributed by atoms with van der Waals surface area (Å²) in [5, 5.41) is 12.6. The van der Waals surface area contributed by atoms with Crippen molar-refractivity contribution < 1.29 is 13.2 Å². The summed E-state index contributed by atoms with van der Waals surface area (Å²) in [6, 6.07) is 9.09. The number of fused-ring (bicyclic) bond motifs is 1. The van der Waals surface area contributed by atoms with Crippen molar-refractivity contribution in [1.29, 1.82) is 5.26 Å². The maximum absolute atomic E-state index is 12.6. The summed E-state index contributed by atoms with van der Waals surface area (Å²) in [7, 11) is -3.24. The Morgan fingerprint density at radius 2 is 2.00 bits per heavy atom. The molecule has 1 saturated carbocycles. The lowest BCUT2D eigenvalue weighted by molar-refractivity contribution is -0.115. The fraction of sp³-hybridized carbons (Fsp3) is 0.542. The molecule has 0 saturated heterocycles.